The molecule has 4 nitrogen and oxygen atoms in total. The zero-order chi connectivity index (χ0) is 14.1. The lowest BCUT2D eigenvalue weighted by Gasteiger charge is -2.39. The number of ketones is 1. The quantitative estimate of drug-likeness (QED) is 0.544. The first-order valence-corrected chi connectivity index (χ1v) is 6.79. The Hall–Kier alpha value is -0.680. The second-order valence-corrected chi connectivity index (χ2v) is 7.66. The fourth-order valence-corrected chi connectivity index (χ4v) is 2.48. The number of carbonyl (C=O) groups is 1. The van der Waals surface area contributed by atoms with Crippen molar-refractivity contribution in [3.8, 4) is 0 Å². The van der Waals surface area contributed by atoms with E-state index in [0.29, 0.717) is 5.57 Å². The summed E-state index contributed by atoms with van der Waals surface area (Å²) in [5, 5.41) is 0. The molecular weight excluding hydrogens is 240 g/mol. The van der Waals surface area contributed by atoms with Crippen LogP contribution in [-0.4, -0.2) is 26.1 Å². The number of allylic oxidation sites excluding steroid dienone is 1. The van der Waals surface area contributed by atoms with Crippen LogP contribution in [0.1, 0.15) is 41.0 Å². The van der Waals surface area contributed by atoms with E-state index in [1.165, 1.54) is 0 Å². The third-order valence-corrected chi connectivity index (χ3v) is 5.79. The van der Waals surface area contributed by atoms with Crippen LogP contribution in [0.25, 0.3) is 0 Å². The summed E-state index contributed by atoms with van der Waals surface area (Å²) >= 11 is 0. The van der Waals surface area contributed by atoms with Gasteiger partial charge < -0.3 is 0 Å². The van der Waals surface area contributed by atoms with Crippen molar-refractivity contribution in [3.05, 3.63) is 12.2 Å². The van der Waals surface area contributed by atoms with Crippen molar-refractivity contribution in [1.82, 2.24) is 0 Å². The van der Waals surface area contributed by atoms with E-state index in [0.717, 1.165) is 7.11 Å². The van der Waals surface area contributed by atoms with Gasteiger partial charge in [-0.25, -0.2) is 0 Å². The normalized spacial score (nSPS) is 13.5. The van der Waals surface area contributed by atoms with Crippen molar-refractivity contribution < 1.29 is 17.4 Å². The van der Waals surface area contributed by atoms with Gasteiger partial charge in [0, 0.05) is 6.42 Å². The Kier molecular flexibility index (Phi) is 4.70. The largest absolute Gasteiger partial charge is 0.295 e. The van der Waals surface area contributed by atoms with Gasteiger partial charge in [0.2, 0.25) is 0 Å². The Balaban J connectivity index is 5.32. The highest BCUT2D eigenvalue weighted by Crippen LogP contribution is 2.41. The Morgan fingerprint density at radius 2 is 1.65 bits per heavy atom. The van der Waals surface area contributed by atoms with Crippen molar-refractivity contribution in [2.45, 2.75) is 45.8 Å². The zero-order valence-electron chi connectivity index (χ0n) is 11.5. The molecule has 0 atom stereocenters. The van der Waals surface area contributed by atoms with Crippen molar-refractivity contribution in [2.24, 2.45) is 5.41 Å². The summed E-state index contributed by atoms with van der Waals surface area (Å²) in [5.74, 6) is -0.130. The number of carbonyl (C=O) groups excluding carboxylic acids is 1. The second kappa shape index (κ2) is 4.90. The average molecular weight is 262 g/mol. The number of hydrogen-bond donors (Lipinski definition) is 0. The molecule has 0 amide bonds. The number of hydrogen-bond acceptors (Lipinski definition) is 4. The first-order chi connectivity index (χ1) is 7.39. The van der Waals surface area contributed by atoms with Gasteiger partial charge in [-0.2, -0.15) is 8.42 Å². The van der Waals surface area contributed by atoms with Crippen LogP contribution in [0, 0.1) is 5.41 Å². The molecule has 0 fully saturated rings. The lowest BCUT2D eigenvalue weighted by molar-refractivity contribution is -0.117. The smallest absolute Gasteiger partial charge is 0.272 e. The number of Topliss-reactive ketones (excluding diaryl/α,β-unsaturated/α-hetero) is 1. The Bertz CT molecular complexity index is 416. The predicted octanol–water partition coefficient (Wildman–Crippen LogP) is 2.30. The van der Waals surface area contributed by atoms with Crippen LogP contribution in [0.4, 0.5) is 0 Å². The summed E-state index contributed by atoms with van der Waals surface area (Å²) < 4.78 is 27.1. The van der Waals surface area contributed by atoms with Gasteiger partial charge in [0.15, 0.2) is 5.78 Å². The monoisotopic (exact) mass is 262 g/mol. The minimum absolute atomic E-state index is 0.123. The molecule has 0 aliphatic rings. The Labute approximate surface area is 104 Å². The van der Waals surface area contributed by atoms with Crippen LogP contribution in [0.15, 0.2) is 12.2 Å². The van der Waals surface area contributed by atoms with Crippen LogP contribution in [0.2, 0.25) is 0 Å². The molecule has 17 heavy (non-hydrogen) atoms. The van der Waals surface area contributed by atoms with Gasteiger partial charge in [-0.1, -0.05) is 20.4 Å². The van der Waals surface area contributed by atoms with E-state index in [4.69, 9.17) is 0 Å². The molecule has 0 unspecified atom stereocenters. The lowest BCUT2D eigenvalue weighted by atomic mass is 9.75. The van der Waals surface area contributed by atoms with E-state index in [-0.39, 0.29) is 12.2 Å². The van der Waals surface area contributed by atoms with Crippen LogP contribution in [0.3, 0.4) is 0 Å². The average Bonchev–Trinajstić information content (AvgIpc) is 2.16. The molecule has 0 aliphatic carbocycles. The van der Waals surface area contributed by atoms with E-state index in [1.807, 2.05) is 0 Å². The summed E-state index contributed by atoms with van der Waals surface area (Å²) in [6.45, 7) is 11.8. The molecule has 0 rings (SSSR count). The molecule has 0 heterocycles. The highest BCUT2D eigenvalue weighted by Gasteiger charge is 2.48. The van der Waals surface area contributed by atoms with E-state index >= 15 is 0 Å². The molecule has 0 saturated heterocycles. The zero-order valence-corrected chi connectivity index (χ0v) is 12.3. The van der Waals surface area contributed by atoms with Gasteiger partial charge in [0.05, 0.1) is 11.9 Å². The molecule has 0 N–H and O–H groups in total. The van der Waals surface area contributed by atoms with Gasteiger partial charge in [0.1, 0.15) is 0 Å². The summed E-state index contributed by atoms with van der Waals surface area (Å²) in [6.07, 6.45) is 0.123. The second-order valence-electron chi connectivity index (χ2n) is 5.40. The molecule has 0 aromatic heterocycles. The maximum absolute atomic E-state index is 11.9. The third-order valence-electron chi connectivity index (χ3n) is 3.55. The van der Waals surface area contributed by atoms with E-state index in [9.17, 15) is 13.2 Å². The van der Waals surface area contributed by atoms with Gasteiger partial charge in [-0.05, 0) is 31.8 Å². The van der Waals surface area contributed by atoms with Gasteiger partial charge in [-0.15, -0.1) is 0 Å². The van der Waals surface area contributed by atoms with E-state index in [2.05, 4.69) is 10.8 Å². The predicted molar refractivity (Wildman–Crippen MR) is 68.2 cm³/mol. The van der Waals surface area contributed by atoms with Crippen molar-refractivity contribution in [3.63, 3.8) is 0 Å². The Morgan fingerprint density at radius 1 is 1.24 bits per heavy atom. The van der Waals surface area contributed by atoms with E-state index in [1.54, 1.807) is 34.6 Å². The van der Waals surface area contributed by atoms with Crippen LogP contribution < -0.4 is 0 Å². The van der Waals surface area contributed by atoms with Crippen molar-refractivity contribution in [1.29, 1.82) is 0 Å². The topological polar surface area (TPSA) is 60.4 Å². The lowest BCUT2D eigenvalue weighted by Crippen LogP contribution is -2.47. The third kappa shape index (κ3) is 3.16. The van der Waals surface area contributed by atoms with Crippen LogP contribution >= 0.6 is 0 Å². The molecule has 5 heteroatoms. The minimum atomic E-state index is -3.71. The van der Waals surface area contributed by atoms with Crippen LogP contribution in [0.5, 0.6) is 0 Å². The molecule has 0 aromatic rings. The molecule has 0 bridgehead atoms. The fraction of sp³-hybridized carbons (Fsp3) is 0.750. The fourth-order valence-electron chi connectivity index (χ4n) is 1.31. The minimum Gasteiger partial charge on any atom is -0.295 e. The standard InChI is InChI=1S/C12H22O4S/c1-9(2)10(13)8-11(3,4)12(5,6)17(14,15)16-7/h1,8H2,2-7H3. The highest BCUT2D eigenvalue weighted by atomic mass is 32.2. The molecule has 0 aromatic carbocycles. The van der Waals surface area contributed by atoms with Crippen molar-refractivity contribution >= 4 is 15.9 Å². The summed E-state index contributed by atoms with van der Waals surface area (Å²) in [4.78, 5) is 11.7. The molecular formula is C12H22O4S. The van der Waals surface area contributed by atoms with E-state index < -0.39 is 20.3 Å². The van der Waals surface area contributed by atoms with Crippen molar-refractivity contribution in [2.75, 3.05) is 7.11 Å². The Morgan fingerprint density at radius 3 is 1.94 bits per heavy atom. The highest BCUT2D eigenvalue weighted by molar-refractivity contribution is 7.88. The summed E-state index contributed by atoms with van der Waals surface area (Å²) in [5.41, 5.74) is -0.304. The SMILES string of the molecule is C=C(C)C(=O)CC(C)(C)C(C)(C)S(=O)(=O)OC. The first-order valence-electron chi connectivity index (χ1n) is 5.38. The molecule has 0 saturated carbocycles. The summed E-state index contributed by atoms with van der Waals surface area (Å²) in [7, 11) is -2.58. The summed E-state index contributed by atoms with van der Waals surface area (Å²) in [6, 6.07) is 0. The molecule has 100 valence electrons. The maximum atomic E-state index is 11.9. The molecule has 0 radical (unpaired) electrons. The van der Waals surface area contributed by atoms with Gasteiger partial charge in [-0.3, -0.25) is 8.98 Å². The maximum Gasteiger partial charge on any atom is 0.272 e. The van der Waals surface area contributed by atoms with Gasteiger partial charge in [0.25, 0.3) is 10.1 Å². The molecule has 0 aliphatic heterocycles. The first kappa shape index (κ1) is 16.3. The van der Waals surface area contributed by atoms with Gasteiger partial charge >= 0.3 is 0 Å². The van der Waals surface area contributed by atoms with Crippen LogP contribution in [-0.2, 0) is 19.1 Å². The number of rotatable bonds is 6. The molecule has 0 spiro atoms.